The quantitative estimate of drug-likeness (QED) is 0.738. The number of H-pyrrole nitrogens is 1. The lowest BCUT2D eigenvalue weighted by molar-refractivity contribution is -0.00623. The number of nitrogens with zero attached hydrogens (tertiary/aromatic N) is 1. The van der Waals surface area contributed by atoms with Crippen LogP contribution >= 0.6 is 11.8 Å². The first-order chi connectivity index (χ1) is 12.5. The summed E-state index contributed by atoms with van der Waals surface area (Å²) in [4.78, 5) is 27.8. The molecule has 1 aromatic rings. The van der Waals surface area contributed by atoms with Crippen LogP contribution in [0.25, 0.3) is 0 Å². The molecule has 1 aromatic heterocycles. The second-order valence-electron chi connectivity index (χ2n) is 9.02. The molecule has 3 atom stereocenters. The molecule has 0 unspecified atom stereocenters. The topological polar surface area (TPSA) is 95.3 Å². The molecule has 1 aliphatic heterocycles. The molecule has 1 saturated heterocycles. The van der Waals surface area contributed by atoms with Gasteiger partial charge in [-0.05, 0) is 56.3 Å². The summed E-state index contributed by atoms with van der Waals surface area (Å²) in [6.07, 6.45) is 8.70. The Morgan fingerprint density at radius 3 is 2.27 bits per heavy atom. The van der Waals surface area contributed by atoms with Gasteiger partial charge in [0.25, 0.3) is 5.56 Å². The Morgan fingerprint density at radius 1 is 1.12 bits per heavy atom. The summed E-state index contributed by atoms with van der Waals surface area (Å²) < 4.78 is 1.60. The largest absolute Gasteiger partial charge is 0.395 e. The predicted octanol–water partition coefficient (Wildman–Crippen LogP) is 1.36. The van der Waals surface area contributed by atoms with E-state index in [1.165, 1.54) is 31.0 Å². The lowest BCUT2D eigenvalue weighted by Crippen LogP contribution is -2.51. The van der Waals surface area contributed by atoms with E-state index in [0.717, 1.165) is 42.6 Å². The Kier molecular flexibility index (Phi) is 3.92. The molecule has 6 nitrogen and oxygen atoms in total. The average molecular weight is 378 g/mol. The smallest absolute Gasteiger partial charge is 0.329 e. The highest BCUT2D eigenvalue weighted by Crippen LogP contribution is 2.60. The van der Waals surface area contributed by atoms with Gasteiger partial charge in [0.15, 0.2) is 0 Å². The summed E-state index contributed by atoms with van der Waals surface area (Å²) in [5.74, 6) is 2.17. The second kappa shape index (κ2) is 5.97. The van der Waals surface area contributed by atoms with Crippen LogP contribution in [0.5, 0.6) is 0 Å². The molecule has 5 aliphatic rings. The number of aromatic amines is 1. The molecule has 142 valence electrons. The van der Waals surface area contributed by atoms with Crippen molar-refractivity contribution in [1.29, 1.82) is 0 Å². The van der Waals surface area contributed by atoms with Crippen molar-refractivity contribution in [3.8, 4) is 0 Å². The fourth-order valence-corrected chi connectivity index (χ4v) is 7.95. The molecule has 4 saturated carbocycles. The number of aliphatic hydroxyl groups is 2. The molecule has 7 heteroatoms. The van der Waals surface area contributed by atoms with Crippen molar-refractivity contribution in [2.45, 2.75) is 67.1 Å². The van der Waals surface area contributed by atoms with Crippen molar-refractivity contribution < 1.29 is 10.2 Å². The highest BCUT2D eigenvalue weighted by molar-refractivity contribution is 8.00. The van der Waals surface area contributed by atoms with Gasteiger partial charge in [-0.1, -0.05) is 0 Å². The third-order valence-corrected chi connectivity index (χ3v) is 8.82. The van der Waals surface area contributed by atoms with Gasteiger partial charge in [0.1, 0.15) is 0 Å². The normalized spacial score (nSPS) is 43.9. The molecule has 4 aliphatic carbocycles. The summed E-state index contributed by atoms with van der Waals surface area (Å²) >= 11 is 1.42. The van der Waals surface area contributed by atoms with Crippen LogP contribution in [0.3, 0.4) is 0 Å². The Morgan fingerprint density at radius 2 is 1.73 bits per heavy atom. The molecule has 0 amide bonds. The molecule has 6 rings (SSSR count). The number of aliphatic hydroxyl groups excluding tert-OH is 2. The van der Waals surface area contributed by atoms with E-state index >= 15 is 0 Å². The summed E-state index contributed by atoms with van der Waals surface area (Å²) in [6.45, 7) is -0.109. The van der Waals surface area contributed by atoms with E-state index in [4.69, 9.17) is 0 Å². The van der Waals surface area contributed by atoms with Crippen molar-refractivity contribution in [2.24, 2.45) is 17.8 Å². The maximum absolute atomic E-state index is 12.7. The minimum absolute atomic E-state index is 0.0734. The van der Waals surface area contributed by atoms with E-state index in [1.54, 1.807) is 10.8 Å². The number of thioether (sulfide) groups is 1. The van der Waals surface area contributed by atoms with E-state index in [-0.39, 0.29) is 28.2 Å². The highest BCUT2D eigenvalue weighted by Gasteiger charge is 2.52. The fourth-order valence-electron chi connectivity index (χ4n) is 6.57. The summed E-state index contributed by atoms with van der Waals surface area (Å²) in [5.41, 5.74) is 0.0664. The minimum Gasteiger partial charge on any atom is -0.395 e. The average Bonchev–Trinajstić information content (AvgIpc) is 2.94. The van der Waals surface area contributed by atoms with Gasteiger partial charge in [0.2, 0.25) is 0 Å². The number of nitrogens with one attached hydrogen (secondary N) is 1. The van der Waals surface area contributed by atoms with E-state index in [0.29, 0.717) is 6.42 Å². The van der Waals surface area contributed by atoms with Crippen LogP contribution < -0.4 is 11.2 Å². The van der Waals surface area contributed by atoms with Crippen LogP contribution in [0.15, 0.2) is 15.8 Å². The van der Waals surface area contributed by atoms with Crippen molar-refractivity contribution in [2.75, 3.05) is 6.61 Å². The molecule has 0 aromatic carbocycles. The first kappa shape index (κ1) is 17.1. The molecule has 4 bridgehead atoms. The molecule has 2 heterocycles. The van der Waals surface area contributed by atoms with E-state index in [2.05, 4.69) is 4.98 Å². The zero-order valence-electron chi connectivity index (χ0n) is 14.8. The summed E-state index contributed by atoms with van der Waals surface area (Å²) in [7, 11) is 0. The monoisotopic (exact) mass is 378 g/mol. The molecule has 26 heavy (non-hydrogen) atoms. The first-order valence-corrected chi connectivity index (χ1v) is 10.7. The van der Waals surface area contributed by atoms with Gasteiger partial charge in [0.05, 0.1) is 23.3 Å². The van der Waals surface area contributed by atoms with Gasteiger partial charge in [0, 0.05) is 23.6 Å². The third kappa shape index (κ3) is 2.54. The maximum Gasteiger partial charge on any atom is 0.329 e. The second-order valence-corrected chi connectivity index (χ2v) is 10.4. The SMILES string of the molecule is O=c1[nH]c(=O)n([C@@H]2C[C@H](O)[C@@H](CO)S2)cc1C12CC3CC(CC(C3)C1)C2. The molecule has 5 fully saturated rings. The fraction of sp³-hybridized carbons (Fsp3) is 0.789. The zero-order chi connectivity index (χ0) is 18.1. The van der Waals surface area contributed by atoms with Gasteiger partial charge in [-0.25, -0.2) is 4.79 Å². The molecule has 3 N–H and O–H groups in total. The van der Waals surface area contributed by atoms with Crippen LogP contribution in [-0.2, 0) is 5.41 Å². The van der Waals surface area contributed by atoms with Crippen molar-refractivity contribution in [3.63, 3.8) is 0 Å². The predicted molar refractivity (Wildman–Crippen MR) is 99.3 cm³/mol. The van der Waals surface area contributed by atoms with E-state index < -0.39 is 11.8 Å². The van der Waals surface area contributed by atoms with Crippen molar-refractivity contribution in [3.05, 3.63) is 32.6 Å². The van der Waals surface area contributed by atoms with Crippen LogP contribution in [0.2, 0.25) is 0 Å². The van der Waals surface area contributed by atoms with Crippen LogP contribution in [0.4, 0.5) is 0 Å². The van der Waals surface area contributed by atoms with E-state index in [1.807, 2.05) is 0 Å². The van der Waals surface area contributed by atoms with Crippen LogP contribution in [-0.4, -0.2) is 37.7 Å². The lowest BCUT2D eigenvalue weighted by Gasteiger charge is -2.56. The summed E-state index contributed by atoms with van der Waals surface area (Å²) in [6, 6.07) is 0. The number of hydrogen-bond donors (Lipinski definition) is 3. The maximum atomic E-state index is 12.7. The van der Waals surface area contributed by atoms with Gasteiger partial charge in [-0.2, -0.15) is 0 Å². The van der Waals surface area contributed by atoms with Gasteiger partial charge in [-0.15, -0.1) is 11.8 Å². The van der Waals surface area contributed by atoms with Crippen LogP contribution in [0, 0.1) is 17.8 Å². The van der Waals surface area contributed by atoms with E-state index in [9.17, 15) is 19.8 Å². The Labute approximate surface area is 156 Å². The minimum atomic E-state index is -0.628. The molecular formula is C19H26N2O4S. The summed E-state index contributed by atoms with van der Waals surface area (Å²) in [5, 5.41) is 19.0. The Hall–Kier alpha value is -1.05. The van der Waals surface area contributed by atoms with Gasteiger partial charge >= 0.3 is 5.69 Å². The third-order valence-electron chi connectivity index (χ3n) is 7.27. The number of rotatable bonds is 3. The molecule has 0 radical (unpaired) electrons. The Bertz CT molecular complexity index is 796. The van der Waals surface area contributed by atoms with Crippen molar-refractivity contribution in [1.82, 2.24) is 9.55 Å². The molecular weight excluding hydrogens is 352 g/mol. The number of aromatic nitrogens is 2. The standard InChI is InChI=1S/C19H26N2O4S/c22-9-15-14(23)4-16(26-15)21-8-13(17(24)20-18(21)25)19-5-10-1-11(6-19)3-12(2-10)7-19/h8,10-12,14-16,22-23H,1-7,9H2,(H,20,24,25)/t10?,11?,12?,14-,15+,16-,19?/m0/s1. The highest BCUT2D eigenvalue weighted by atomic mass is 32.2. The Balaban J connectivity index is 1.55. The molecule has 0 spiro atoms. The van der Waals surface area contributed by atoms with Crippen molar-refractivity contribution >= 4 is 11.8 Å². The zero-order valence-corrected chi connectivity index (χ0v) is 15.6. The lowest BCUT2D eigenvalue weighted by atomic mass is 9.48. The van der Waals surface area contributed by atoms with Crippen LogP contribution in [0.1, 0.15) is 55.9 Å². The van der Waals surface area contributed by atoms with Gasteiger partial charge < -0.3 is 10.2 Å². The number of hydrogen-bond acceptors (Lipinski definition) is 5. The van der Waals surface area contributed by atoms with Gasteiger partial charge in [-0.3, -0.25) is 14.3 Å². The first-order valence-electron chi connectivity index (χ1n) is 9.78.